The van der Waals surface area contributed by atoms with E-state index in [0.29, 0.717) is 5.56 Å². The van der Waals surface area contributed by atoms with Crippen LogP contribution in [0.4, 0.5) is 0 Å². The zero-order valence-electron chi connectivity index (χ0n) is 10.5. The fourth-order valence-corrected chi connectivity index (χ4v) is 3.00. The molecular formula is C11H16N2O5Se. The summed E-state index contributed by atoms with van der Waals surface area (Å²) in [6.07, 6.45) is -0.278. The molecule has 1 saturated heterocycles. The number of aryl methyl sites for hydroxylation is 1. The van der Waals surface area contributed by atoms with E-state index in [2.05, 4.69) is 21.0 Å². The van der Waals surface area contributed by atoms with E-state index >= 15 is 0 Å². The minimum absolute atomic E-state index is 0.345. The monoisotopic (exact) mass is 336 g/mol. The van der Waals surface area contributed by atoms with Gasteiger partial charge in [-0.2, -0.15) is 0 Å². The summed E-state index contributed by atoms with van der Waals surface area (Å²) in [6.45, 7) is 2.86. The van der Waals surface area contributed by atoms with E-state index in [4.69, 9.17) is 9.84 Å². The van der Waals surface area contributed by atoms with Crippen molar-refractivity contribution in [2.45, 2.75) is 36.6 Å². The average Bonchev–Trinajstić information content (AvgIpc) is 2.59. The molecular weight excluding hydrogens is 319 g/mol. The number of aromatic amines is 1. The summed E-state index contributed by atoms with van der Waals surface area (Å²) in [7, 11) is 0. The summed E-state index contributed by atoms with van der Waals surface area (Å²) in [6, 6.07) is 0. The standard InChI is InChI=1S/C11H16N2O5Se/c1-5-3-13(10(17)12-9(5)16)11(2)8(19)7(15)6(4-14)18-11/h3,6-8,14-15,19H,4H2,1-2H3,(H,12,16,17)/t6-,7-,8-,11-/m1/s1. The molecule has 0 bridgehead atoms. The van der Waals surface area contributed by atoms with Crippen LogP contribution in [0.25, 0.3) is 0 Å². The fourth-order valence-electron chi connectivity index (χ4n) is 2.21. The van der Waals surface area contributed by atoms with E-state index in [1.807, 2.05) is 0 Å². The topological polar surface area (TPSA) is 105 Å². The normalized spacial score (nSPS) is 34.7. The van der Waals surface area contributed by atoms with E-state index in [-0.39, 0.29) is 6.61 Å². The van der Waals surface area contributed by atoms with Crippen molar-refractivity contribution in [2.75, 3.05) is 6.61 Å². The summed E-state index contributed by atoms with van der Waals surface area (Å²) < 4.78 is 6.85. The van der Waals surface area contributed by atoms with Gasteiger partial charge in [0.15, 0.2) is 0 Å². The van der Waals surface area contributed by atoms with Crippen LogP contribution in [-0.2, 0) is 10.5 Å². The van der Waals surface area contributed by atoms with Crippen LogP contribution >= 0.6 is 0 Å². The van der Waals surface area contributed by atoms with Gasteiger partial charge >= 0.3 is 116 Å². The Kier molecular flexibility index (Phi) is 3.72. The molecule has 7 nitrogen and oxygen atoms in total. The third-order valence-corrected chi connectivity index (χ3v) is 5.07. The van der Waals surface area contributed by atoms with Gasteiger partial charge in [-0.15, -0.1) is 0 Å². The van der Waals surface area contributed by atoms with Crippen molar-refractivity contribution < 1.29 is 14.9 Å². The second-order valence-electron chi connectivity index (χ2n) is 4.77. The Morgan fingerprint density at radius 1 is 1.58 bits per heavy atom. The van der Waals surface area contributed by atoms with Crippen molar-refractivity contribution in [3.63, 3.8) is 0 Å². The van der Waals surface area contributed by atoms with Crippen molar-refractivity contribution in [1.82, 2.24) is 9.55 Å². The molecule has 0 aliphatic carbocycles. The molecule has 8 heteroatoms. The molecule has 19 heavy (non-hydrogen) atoms. The molecule has 0 saturated carbocycles. The van der Waals surface area contributed by atoms with E-state index in [0.717, 1.165) is 0 Å². The first kappa shape index (κ1) is 14.5. The van der Waals surface area contributed by atoms with Crippen LogP contribution in [-0.4, -0.2) is 54.6 Å². The first-order chi connectivity index (χ1) is 8.81. The summed E-state index contributed by atoms with van der Waals surface area (Å²) in [5, 5.41) is 19.1. The van der Waals surface area contributed by atoms with Gasteiger partial charge in [-0.1, -0.05) is 0 Å². The number of nitrogens with one attached hydrogen (secondary N) is 1. The molecule has 0 spiro atoms. The fraction of sp³-hybridized carbons (Fsp3) is 0.636. The van der Waals surface area contributed by atoms with Gasteiger partial charge < -0.3 is 0 Å². The van der Waals surface area contributed by atoms with E-state index in [1.165, 1.54) is 10.8 Å². The quantitative estimate of drug-likeness (QED) is 0.540. The first-order valence-corrected chi connectivity index (χ1v) is 6.87. The summed E-state index contributed by atoms with van der Waals surface area (Å²) in [5.41, 5.74) is -1.84. The molecule has 1 aliphatic heterocycles. The number of hydrogen-bond acceptors (Lipinski definition) is 5. The maximum absolute atomic E-state index is 11.9. The van der Waals surface area contributed by atoms with Gasteiger partial charge in [0.1, 0.15) is 0 Å². The van der Waals surface area contributed by atoms with Crippen LogP contribution in [0.1, 0.15) is 12.5 Å². The molecule has 0 radical (unpaired) electrons. The zero-order valence-corrected chi connectivity index (χ0v) is 12.4. The van der Waals surface area contributed by atoms with E-state index < -0.39 is 34.0 Å². The Bertz CT molecular complexity index is 597. The predicted octanol–water partition coefficient (Wildman–Crippen LogP) is -2.04. The van der Waals surface area contributed by atoms with Crippen molar-refractivity contribution in [3.05, 3.63) is 32.6 Å². The predicted molar refractivity (Wildman–Crippen MR) is 68.6 cm³/mol. The third kappa shape index (κ3) is 2.19. The van der Waals surface area contributed by atoms with Gasteiger partial charge in [0.05, 0.1) is 0 Å². The maximum atomic E-state index is 11.9. The van der Waals surface area contributed by atoms with E-state index in [1.54, 1.807) is 13.8 Å². The second-order valence-corrected chi connectivity index (χ2v) is 5.94. The molecule has 1 fully saturated rings. The van der Waals surface area contributed by atoms with Crippen molar-refractivity contribution in [1.29, 1.82) is 0 Å². The van der Waals surface area contributed by atoms with Crippen molar-refractivity contribution in [3.8, 4) is 0 Å². The molecule has 2 heterocycles. The van der Waals surface area contributed by atoms with Gasteiger partial charge in [0.2, 0.25) is 0 Å². The first-order valence-electron chi connectivity index (χ1n) is 5.79. The number of H-pyrrole nitrogens is 1. The molecule has 106 valence electrons. The number of ether oxygens (including phenoxy) is 1. The zero-order chi connectivity index (χ0) is 14.4. The molecule has 4 atom stereocenters. The Morgan fingerprint density at radius 3 is 2.74 bits per heavy atom. The Balaban J connectivity index is 2.55. The van der Waals surface area contributed by atoms with Gasteiger partial charge in [0, 0.05) is 0 Å². The number of hydrogen-bond donors (Lipinski definition) is 3. The van der Waals surface area contributed by atoms with E-state index in [9.17, 15) is 14.7 Å². The molecule has 0 aromatic carbocycles. The number of nitrogens with zero attached hydrogens (tertiary/aromatic N) is 1. The molecule has 0 amide bonds. The average molecular weight is 335 g/mol. The molecule has 3 N–H and O–H groups in total. The number of rotatable bonds is 2. The SMILES string of the molecule is Cc1cn([C@]2(C)O[C@H](CO)[C@@H](O)[C@H]2[SeH])c(=O)[nH]c1=O. The molecule has 1 aromatic rings. The second kappa shape index (κ2) is 4.88. The molecule has 1 aliphatic rings. The number of aliphatic hydroxyl groups is 2. The summed E-state index contributed by atoms with van der Waals surface area (Å²) >= 11 is 2.25. The van der Waals surface area contributed by atoms with Gasteiger partial charge in [-0.3, -0.25) is 0 Å². The molecule has 0 unspecified atom stereocenters. The van der Waals surface area contributed by atoms with Crippen LogP contribution < -0.4 is 11.2 Å². The summed E-state index contributed by atoms with van der Waals surface area (Å²) in [4.78, 5) is 25.0. The van der Waals surface area contributed by atoms with Crippen LogP contribution in [0.5, 0.6) is 0 Å². The van der Waals surface area contributed by atoms with Crippen molar-refractivity contribution in [2.24, 2.45) is 0 Å². The van der Waals surface area contributed by atoms with Crippen molar-refractivity contribution >= 4 is 16.0 Å². The number of aliphatic hydroxyl groups excluding tert-OH is 2. The molecule has 1 aromatic heterocycles. The Hall–Kier alpha value is -0.921. The van der Waals surface area contributed by atoms with Gasteiger partial charge in [0.25, 0.3) is 0 Å². The summed E-state index contributed by atoms with van der Waals surface area (Å²) in [5.74, 6) is 0. The Labute approximate surface area is 117 Å². The number of aromatic nitrogens is 2. The van der Waals surface area contributed by atoms with Gasteiger partial charge in [-0.25, -0.2) is 0 Å². The van der Waals surface area contributed by atoms with Crippen LogP contribution in [0.3, 0.4) is 0 Å². The Morgan fingerprint density at radius 2 is 2.21 bits per heavy atom. The molecule has 2 rings (SSSR count). The minimum atomic E-state index is -1.14. The van der Waals surface area contributed by atoms with Crippen LogP contribution in [0.2, 0.25) is 4.82 Å². The van der Waals surface area contributed by atoms with Crippen LogP contribution in [0, 0.1) is 6.92 Å². The van der Waals surface area contributed by atoms with Gasteiger partial charge in [-0.05, 0) is 0 Å². The van der Waals surface area contributed by atoms with Crippen LogP contribution in [0.15, 0.2) is 15.8 Å². The third-order valence-electron chi connectivity index (χ3n) is 3.42.